The van der Waals surface area contributed by atoms with Gasteiger partial charge < -0.3 is 19.8 Å². The highest BCUT2D eigenvalue weighted by Gasteiger charge is 2.20. The number of hydrogen-bond donors (Lipinski definition) is 2. The maximum absolute atomic E-state index is 12.0. The van der Waals surface area contributed by atoms with Crippen LogP contribution in [0.1, 0.15) is 16.8 Å². The molecule has 7 heteroatoms. The Balaban J connectivity index is 1.53. The van der Waals surface area contributed by atoms with Crippen LogP contribution in [0.3, 0.4) is 0 Å². The Bertz CT molecular complexity index is 775. The van der Waals surface area contributed by atoms with Gasteiger partial charge in [-0.1, -0.05) is 23.7 Å². The average molecular weight is 335 g/mol. The van der Waals surface area contributed by atoms with E-state index in [1.54, 1.807) is 0 Å². The van der Waals surface area contributed by atoms with Crippen LogP contribution in [0, 0.1) is 0 Å². The monoisotopic (exact) mass is 334 g/mol. The van der Waals surface area contributed by atoms with Crippen LogP contribution in [0.25, 0.3) is 0 Å². The molecule has 0 fully saturated rings. The zero-order valence-electron chi connectivity index (χ0n) is 12.2. The summed E-state index contributed by atoms with van der Waals surface area (Å²) < 4.78 is 11.4. The molecule has 1 aromatic heterocycles. The summed E-state index contributed by atoms with van der Waals surface area (Å²) in [6.07, 6.45) is 1.76. The van der Waals surface area contributed by atoms with Crippen molar-refractivity contribution in [3.05, 3.63) is 57.5 Å². The number of hydrogen-bond acceptors (Lipinski definition) is 4. The van der Waals surface area contributed by atoms with E-state index in [0.717, 1.165) is 5.75 Å². The second kappa shape index (κ2) is 6.75. The first-order valence-electron chi connectivity index (χ1n) is 7.18. The van der Waals surface area contributed by atoms with Gasteiger partial charge >= 0.3 is 0 Å². The lowest BCUT2D eigenvalue weighted by atomic mass is 10.2. The van der Waals surface area contributed by atoms with Crippen LogP contribution in [-0.4, -0.2) is 30.1 Å². The topological polar surface area (TPSA) is 80.4 Å². The fourth-order valence-electron chi connectivity index (χ4n) is 2.27. The van der Waals surface area contributed by atoms with Crippen molar-refractivity contribution in [2.45, 2.75) is 12.5 Å². The van der Waals surface area contributed by atoms with Crippen molar-refractivity contribution in [1.82, 2.24) is 10.3 Å². The third kappa shape index (κ3) is 3.65. The lowest BCUT2D eigenvalue weighted by Crippen LogP contribution is -2.35. The van der Waals surface area contributed by atoms with E-state index >= 15 is 0 Å². The number of H-pyrrole nitrogens is 1. The number of amides is 1. The van der Waals surface area contributed by atoms with Crippen molar-refractivity contribution in [2.24, 2.45) is 0 Å². The lowest BCUT2D eigenvalue weighted by molar-refractivity contribution is 0.0812. The Morgan fingerprint density at radius 1 is 1.35 bits per heavy atom. The summed E-state index contributed by atoms with van der Waals surface area (Å²) in [4.78, 5) is 26.0. The molecule has 1 atom stereocenters. The number of pyridine rings is 1. The standard InChI is InChI=1S/C16H15ClN2O4/c17-10-7-12(16(21)19-8-10)15(20)18-6-5-11-9-22-13-3-1-2-4-14(13)23-11/h1-4,7-8,11H,5-6,9H2,(H,18,20)(H,19,21)/t11-/m1/s1. The van der Waals surface area contributed by atoms with Gasteiger partial charge in [0.25, 0.3) is 11.5 Å². The molecule has 120 valence electrons. The van der Waals surface area contributed by atoms with E-state index in [0.29, 0.717) is 30.3 Å². The van der Waals surface area contributed by atoms with Gasteiger partial charge in [0.15, 0.2) is 11.5 Å². The number of aromatic nitrogens is 1. The Kier molecular flexibility index (Phi) is 4.52. The molecule has 1 amide bonds. The number of para-hydroxylation sites is 2. The zero-order chi connectivity index (χ0) is 16.2. The van der Waals surface area contributed by atoms with Gasteiger partial charge in [-0.05, 0) is 18.2 Å². The second-order valence-corrected chi connectivity index (χ2v) is 5.54. The van der Waals surface area contributed by atoms with Gasteiger partial charge in [-0.25, -0.2) is 0 Å². The van der Waals surface area contributed by atoms with Gasteiger partial charge in [0.1, 0.15) is 18.3 Å². The molecule has 3 rings (SSSR count). The molecule has 2 aromatic rings. The predicted octanol–water partition coefficient (Wildman–Crippen LogP) is 1.99. The summed E-state index contributed by atoms with van der Waals surface area (Å²) in [5.74, 6) is 0.950. The molecular formula is C16H15ClN2O4. The summed E-state index contributed by atoms with van der Waals surface area (Å²) in [5, 5.41) is 2.99. The quantitative estimate of drug-likeness (QED) is 0.896. The number of benzene rings is 1. The van der Waals surface area contributed by atoms with Crippen molar-refractivity contribution >= 4 is 17.5 Å². The van der Waals surface area contributed by atoms with E-state index in [4.69, 9.17) is 21.1 Å². The molecule has 0 unspecified atom stereocenters. The van der Waals surface area contributed by atoms with Crippen LogP contribution in [0.15, 0.2) is 41.3 Å². The van der Waals surface area contributed by atoms with E-state index in [-0.39, 0.29) is 11.7 Å². The van der Waals surface area contributed by atoms with Gasteiger partial charge in [0, 0.05) is 19.2 Å². The van der Waals surface area contributed by atoms with Crippen molar-refractivity contribution < 1.29 is 14.3 Å². The van der Waals surface area contributed by atoms with Gasteiger partial charge in [0.05, 0.1) is 5.02 Å². The minimum atomic E-state index is -0.474. The van der Waals surface area contributed by atoms with Crippen molar-refractivity contribution in [3.63, 3.8) is 0 Å². The molecule has 0 saturated heterocycles. The highest BCUT2D eigenvalue weighted by atomic mass is 35.5. The van der Waals surface area contributed by atoms with Crippen LogP contribution in [-0.2, 0) is 0 Å². The third-order valence-electron chi connectivity index (χ3n) is 3.43. The molecule has 0 spiro atoms. The maximum atomic E-state index is 12.0. The summed E-state index contributed by atoms with van der Waals surface area (Å²) >= 11 is 5.78. The smallest absolute Gasteiger partial charge is 0.260 e. The number of halogens is 1. The second-order valence-electron chi connectivity index (χ2n) is 5.10. The Morgan fingerprint density at radius 2 is 2.13 bits per heavy atom. The average Bonchev–Trinajstić information content (AvgIpc) is 2.57. The molecule has 0 radical (unpaired) electrons. The molecule has 1 aliphatic heterocycles. The predicted molar refractivity (Wildman–Crippen MR) is 85.4 cm³/mol. The van der Waals surface area contributed by atoms with Crippen LogP contribution >= 0.6 is 11.6 Å². The Hall–Kier alpha value is -2.47. The minimum Gasteiger partial charge on any atom is -0.486 e. The fourth-order valence-corrected chi connectivity index (χ4v) is 2.44. The summed E-state index contributed by atoms with van der Waals surface area (Å²) in [6, 6.07) is 8.78. The number of aromatic amines is 1. The van der Waals surface area contributed by atoms with Gasteiger partial charge in [-0.15, -0.1) is 0 Å². The number of carbonyl (C=O) groups is 1. The highest BCUT2D eigenvalue weighted by Crippen LogP contribution is 2.31. The van der Waals surface area contributed by atoms with Gasteiger partial charge in [-0.2, -0.15) is 0 Å². The molecule has 2 N–H and O–H groups in total. The number of ether oxygens (including phenoxy) is 2. The first kappa shape index (κ1) is 15.4. The van der Waals surface area contributed by atoms with Crippen LogP contribution in [0.5, 0.6) is 11.5 Å². The van der Waals surface area contributed by atoms with Crippen molar-refractivity contribution in [1.29, 1.82) is 0 Å². The molecule has 0 bridgehead atoms. The third-order valence-corrected chi connectivity index (χ3v) is 3.65. The first-order valence-corrected chi connectivity index (χ1v) is 7.56. The largest absolute Gasteiger partial charge is 0.486 e. The Morgan fingerprint density at radius 3 is 2.96 bits per heavy atom. The lowest BCUT2D eigenvalue weighted by Gasteiger charge is -2.26. The number of fused-ring (bicyclic) bond motifs is 1. The normalized spacial score (nSPS) is 16.0. The molecule has 1 aliphatic rings. The molecule has 0 aliphatic carbocycles. The zero-order valence-corrected chi connectivity index (χ0v) is 12.9. The van der Waals surface area contributed by atoms with Crippen molar-refractivity contribution in [3.8, 4) is 11.5 Å². The number of rotatable bonds is 4. The fraction of sp³-hybridized carbons (Fsp3) is 0.250. The van der Waals surface area contributed by atoms with Crippen LogP contribution in [0.4, 0.5) is 0 Å². The molecule has 1 aromatic carbocycles. The van der Waals surface area contributed by atoms with E-state index < -0.39 is 11.5 Å². The van der Waals surface area contributed by atoms with E-state index in [1.807, 2.05) is 24.3 Å². The minimum absolute atomic E-state index is 0.0105. The summed E-state index contributed by atoms with van der Waals surface area (Å²) in [5.41, 5.74) is -0.485. The number of nitrogens with one attached hydrogen (secondary N) is 2. The molecule has 6 nitrogen and oxygen atoms in total. The SMILES string of the molecule is O=C(NCC[C@@H]1COc2ccccc2O1)c1cc(Cl)c[nH]c1=O. The van der Waals surface area contributed by atoms with E-state index in [2.05, 4.69) is 10.3 Å². The van der Waals surface area contributed by atoms with Gasteiger partial charge in [0.2, 0.25) is 0 Å². The first-order chi connectivity index (χ1) is 11.1. The maximum Gasteiger partial charge on any atom is 0.260 e. The Labute approximate surface area is 137 Å². The highest BCUT2D eigenvalue weighted by molar-refractivity contribution is 6.30. The van der Waals surface area contributed by atoms with Crippen LogP contribution < -0.4 is 20.3 Å². The summed E-state index contributed by atoms with van der Waals surface area (Å²) in [7, 11) is 0. The molecule has 0 saturated carbocycles. The van der Waals surface area contributed by atoms with E-state index in [9.17, 15) is 9.59 Å². The van der Waals surface area contributed by atoms with Crippen molar-refractivity contribution in [2.75, 3.05) is 13.2 Å². The summed E-state index contributed by atoms with van der Waals surface area (Å²) in [6.45, 7) is 0.783. The van der Waals surface area contributed by atoms with E-state index in [1.165, 1.54) is 12.3 Å². The molecule has 2 heterocycles. The molecular weight excluding hydrogens is 320 g/mol. The van der Waals surface area contributed by atoms with Crippen LogP contribution in [0.2, 0.25) is 5.02 Å². The molecule has 23 heavy (non-hydrogen) atoms. The number of carbonyl (C=O) groups excluding carboxylic acids is 1. The van der Waals surface area contributed by atoms with Gasteiger partial charge in [-0.3, -0.25) is 9.59 Å².